The number of aromatic nitrogens is 4. The van der Waals surface area contributed by atoms with Crippen molar-refractivity contribution >= 4 is 51.4 Å². The average molecular weight is 541 g/mol. The molecular weight excluding hydrogens is 516 g/mol. The zero-order valence-corrected chi connectivity index (χ0v) is 21.2. The fraction of sp³-hybridized carbons (Fsp3) is 0.111. The zero-order chi connectivity index (χ0) is 28.4. The molecule has 0 atom stereocenters. The van der Waals surface area contributed by atoms with E-state index in [4.69, 9.17) is 16.2 Å². The number of carbonyl (C=O) groups excluding carboxylic acids is 2. The number of aromatic amines is 1. The van der Waals surface area contributed by atoms with Gasteiger partial charge in [-0.3, -0.25) is 9.59 Å². The fourth-order valence-corrected chi connectivity index (χ4v) is 4.16. The van der Waals surface area contributed by atoms with E-state index in [1.54, 1.807) is 66.2 Å². The quantitative estimate of drug-likeness (QED) is 0.0802. The van der Waals surface area contributed by atoms with E-state index in [-0.39, 0.29) is 48.0 Å². The van der Waals surface area contributed by atoms with Crippen LogP contribution < -0.4 is 21.5 Å². The molecule has 3 aromatic carbocycles. The van der Waals surface area contributed by atoms with Crippen LogP contribution in [0.1, 0.15) is 37.2 Å². The molecule has 0 spiro atoms. The van der Waals surface area contributed by atoms with Gasteiger partial charge >= 0.3 is 5.97 Å². The Kier molecular flexibility index (Phi) is 6.85. The first-order chi connectivity index (χ1) is 19.2. The highest BCUT2D eigenvalue weighted by Gasteiger charge is 2.21. The van der Waals surface area contributed by atoms with Crippen LogP contribution in [0.2, 0.25) is 0 Å². The predicted molar refractivity (Wildman–Crippen MR) is 147 cm³/mol. The van der Waals surface area contributed by atoms with Crippen molar-refractivity contribution in [3.8, 4) is 5.75 Å². The summed E-state index contributed by atoms with van der Waals surface area (Å²) < 4.78 is 7.11. The number of H-pyrrole nitrogens is 1. The van der Waals surface area contributed by atoms with E-state index in [1.165, 1.54) is 6.07 Å². The van der Waals surface area contributed by atoms with Crippen LogP contribution in [-0.4, -0.2) is 61.4 Å². The van der Waals surface area contributed by atoms with Crippen molar-refractivity contribution in [1.29, 1.82) is 0 Å². The van der Waals surface area contributed by atoms with Gasteiger partial charge in [-0.05, 0) is 48.5 Å². The summed E-state index contributed by atoms with van der Waals surface area (Å²) in [5, 5.41) is 12.0. The highest BCUT2D eigenvalue weighted by molar-refractivity contribution is 6.08. The summed E-state index contributed by atoms with van der Waals surface area (Å²) >= 11 is 0. The highest BCUT2D eigenvalue weighted by Crippen LogP contribution is 2.23. The molecule has 0 saturated heterocycles. The lowest BCUT2D eigenvalue weighted by Gasteiger charge is -2.10. The monoisotopic (exact) mass is 540 g/mol. The fourth-order valence-electron chi connectivity index (χ4n) is 4.16. The van der Waals surface area contributed by atoms with Crippen LogP contribution >= 0.6 is 0 Å². The predicted octanol–water partition coefficient (Wildman–Crippen LogP) is 2.09. The Labute approximate surface area is 226 Å². The molecule has 13 nitrogen and oxygen atoms in total. The molecule has 0 unspecified atom stereocenters. The van der Waals surface area contributed by atoms with E-state index in [0.717, 1.165) is 0 Å². The van der Waals surface area contributed by atoms with Crippen LogP contribution in [0.15, 0.2) is 65.7 Å². The van der Waals surface area contributed by atoms with E-state index >= 15 is 0 Å². The number of rotatable bonds is 9. The van der Waals surface area contributed by atoms with Gasteiger partial charge in [-0.15, -0.1) is 0 Å². The maximum atomic E-state index is 13.3. The second kappa shape index (κ2) is 10.6. The van der Waals surface area contributed by atoms with Crippen LogP contribution in [0, 0.1) is 0 Å². The molecule has 0 aliphatic heterocycles. The van der Waals surface area contributed by atoms with E-state index < -0.39 is 11.8 Å². The number of benzene rings is 3. The van der Waals surface area contributed by atoms with E-state index in [0.29, 0.717) is 33.3 Å². The minimum absolute atomic E-state index is 0.0409. The number of aryl methyl sites for hydroxylation is 1. The summed E-state index contributed by atoms with van der Waals surface area (Å²) in [6, 6.07) is 16.2. The Bertz CT molecular complexity index is 1820. The number of carboxylic acid groups (broad SMARTS) is 1. The highest BCUT2D eigenvalue weighted by atomic mass is 16.5. The maximum absolute atomic E-state index is 13.3. The van der Waals surface area contributed by atoms with Crippen molar-refractivity contribution in [3.05, 3.63) is 83.4 Å². The summed E-state index contributed by atoms with van der Waals surface area (Å²) in [4.78, 5) is 53.1. The van der Waals surface area contributed by atoms with Crippen molar-refractivity contribution in [3.63, 3.8) is 0 Å². The minimum atomic E-state index is -1.10. The third-order valence-corrected chi connectivity index (χ3v) is 6.05. The third kappa shape index (κ3) is 5.15. The van der Waals surface area contributed by atoms with Gasteiger partial charge < -0.3 is 36.2 Å². The number of amides is 1. The van der Waals surface area contributed by atoms with E-state index in [1.807, 2.05) is 0 Å². The first-order valence-electron chi connectivity index (χ1n) is 12.0. The van der Waals surface area contributed by atoms with Gasteiger partial charge in [0.05, 0.1) is 34.3 Å². The van der Waals surface area contributed by atoms with Gasteiger partial charge in [0.1, 0.15) is 17.9 Å². The number of para-hydroxylation sites is 1. The smallest absolute Gasteiger partial charge is 0.339 e. The van der Waals surface area contributed by atoms with Gasteiger partial charge in [0.15, 0.2) is 17.6 Å². The normalized spacial score (nSPS) is 10.9. The number of hydrogen-bond acceptors (Lipinski definition) is 7. The van der Waals surface area contributed by atoms with Gasteiger partial charge in [0, 0.05) is 12.6 Å². The van der Waals surface area contributed by atoms with Crippen molar-refractivity contribution in [2.75, 3.05) is 13.2 Å². The minimum Gasteiger partial charge on any atom is -0.491 e. The maximum Gasteiger partial charge on any atom is 0.339 e. The molecule has 0 aliphatic rings. The summed E-state index contributed by atoms with van der Waals surface area (Å²) in [5.41, 5.74) is 14.0. The van der Waals surface area contributed by atoms with Gasteiger partial charge in [-0.25, -0.2) is 19.8 Å². The first-order valence-corrected chi connectivity index (χ1v) is 12.0. The van der Waals surface area contributed by atoms with Crippen LogP contribution in [0.3, 0.4) is 0 Å². The summed E-state index contributed by atoms with van der Waals surface area (Å²) in [6.07, 6.45) is 0. The number of ketones is 1. The Morgan fingerprint density at radius 2 is 1.82 bits per heavy atom. The zero-order valence-electron chi connectivity index (χ0n) is 21.2. The number of carboxylic acids is 1. The number of guanidine groups is 1. The number of aliphatic imine (C=N–C) groups is 1. The van der Waals surface area contributed by atoms with Crippen molar-refractivity contribution in [1.82, 2.24) is 24.8 Å². The number of carbonyl (C=O) groups is 3. The van der Waals surface area contributed by atoms with Gasteiger partial charge in [-0.2, -0.15) is 0 Å². The molecule has 1 amide bonds. The standard InChI is InChI=1S/C27H24N8O5/c1-35-20-12-14(25(37)30-10-11-40-21-5-3-2-4-16(21)26(38)39)6-8-18(20)34-24(35)22(36)23-32-17-9-7-15(31-27(28)29)13-19(17)33-23/h2-9,12-13H,10-11H2,1H3,(H,30,37)(H,32,33)(H,38,39)(H4,28,29,31). The molecule has 5 rings (SSSR count). The molecule has 5 aromatic rings. The Morgan fingerprint density at radius 3 is 2.60 bits per heavy atom. The molecule has 40 heavy (non-hydrogen) atoms. The number of ether oxygens (including phenoxy) is 1. The lowest BCUT2D eigenvalue weighted by Crippen LogP contribution is -2.28. The topological polar surface area (TPSA) is 204 Å². The summed E-state index contributed by atoms with van der Waals surface area (Å²) in [6.45, 7) is 0.227. The number of hydrogen-bond donors (Lipinski definition) is 5. The molecule has 2 aromatic heterocycles. The molecule has 0 saturated carbocycles. The number of nitrogens with zero attached hydrogens (tertiary/aromatic N) is 4. The number of nitrogens with two attached hydrogens (primary N) is 2. The number of fused-ring (bicyclic) bond motifs is 2. The third-order valence-electron chi connectivity index (χ3n) is 6.05. The second-order valence-corrected chi connectivity index (χ2v) is 8.76. The Morgan fingerprint density at radius 1 is 1.05 bits per heavy atom. The number of imidazole rings is 2. The van der Waals surface area contributed by atoms with Crippen molar-refractivity contribution < 1.29 is 24.2 Å². The molecule has 0 radical (unpaired) electrons. The van der Waals surface area contributed by atoms with Crippen molar-refractivity contribution in [2.45, 2.75) is 0 Å². The summed E-state index contributed by atoms with van der Waals surface area (Å²) in [5.74, 6) is -1.52. The Balaban J connectivity index is 1.29. The molecule has 202 valence electrons. The van der Waals surface area contributed by atoms with Gasteiger partial charge in [-0.1, -0.05) is 12.1 Å². The van der Waals surface area contributed by atoms with Crippen LogP contribution in [-0.2, 0) is 7.05 Å². The Hall–Kier alpha value is -5.72. The SMILES string of the molecule is Cn1c(C(=O)c2nc3ccc(N=C(N)N)cc3[nH]2)nc2ccc(C(=O)NCCOc3ccccc3C(=O)O)cc21. The van der Waals surface area contributed by atoms with Gasteiger partial charge in [0.25, 0.3) is 11.7 Å². The number of aromatic carboxylic acids is 1. The molecule has 7 N–H and O–H groups in total. The lowest BCUT2D eigenvalue weighted by atomic mass is 10.2. The second-order valence-electron chi connectivity index (χ2n) is 8.76. The molecular formula is C27H24N8O5. The average Bonchev–Trinajstić information content (AvgIpc) is 3.51. The molecule has 0 bridgehead atoms. The molecule has 0 fully saturated rings. The molecule has 13 heteroatoms. The van der Waals surface area contributed by atoms with Crippen LogP contribution in [0.25, 0.3) is 22.1 Å². The number of nitrogens with one attached hydrogen (secondary N) is 2. The van der Waals surface area contributed by atoms with Crippen LogP contribution in [0.5, 0.6) is 5.75 Å². The summed E-state index contributed by atoms with van der Waals surface area (Å²) in [7, 11) is 1.68. The molecule has 0 aliphatic carbocycles. The largest absolute Gasteiger partial charge is 0.491 e. The lowest BCUT2D eigenvalue weighted by molar-refractivity contribution is 0.0691. The van der Waals surface area contributed by atoms with E-state index in [9.17, 15) is 19.5 Å². The van der Waals surface area contributed by atoms with Crippen molar-refractivity contribution in [2.24, 2.45) is 23.5 Å². The van der Waals surface area contributed by atoms with E-state index in [2.05, 4.69) is 25.3 Å². The van der Waals surface area contributed by atoms with Gasteiger partial charge in [0.2, 0.25) is 0 Å². The molecule has 2 heterocycles. The first kappa shape index (κ1) is 25.9. The van der Waals surface area contributed by atoms with Crippen LogP contribution in [0.4, 0.5) is 5.69 Å².